The molecule has 1 aliphatic heterocycles. The zero-order chi connectivity index (χ0) is 15.1. The number of hydrogen-bond acceptors (Lipinski definition) is 7. The zero-order valence-electron chi connectivity index (χ0n) is 11.1. The SMILES string of the molecule is Cc1nc(Cl)sc1[C@@H]1OC(C)(C)O[C@H]1COS(N)(=O)=O. The van der Waals surface area contributed by atoms with Crippen LogP contribution in [0.1, 0.15) is 30.5 Å². The number of nitrogens with zero attached hydrogens (tertiary/aromatic N) is 1. The number of nitrogens with two attached hydrogens (primary N) is 1. The van der Waals surface area contributed by atoms with E-state index in [0.717, 1.165) is 4.88 Å². The molecule has 0 aromatic carbocycles. The van der Waals surface area contributed by atoms with E-state index in [1.54, 1.807) is 20.8 Å². The summed E-state index contributed by atoms with van der Waals surface area (Å²) in [4.78, 5) is 4.89. The van der Waals surface area contributed by atoms with Gasteiger partial charge >= 0.3 is 10.3 Å². The summed E-state index contributed by atoms with van der Waals surface area (Å²) in [5.41, 5.74) is 0.715. The highest BCUT2D eigenvalue weighted by Gasteiger charge is 2.44. The van der Waals surface area contributed by atoms with Crippen LogP contribution in [0.25, 0.3) is 0 Å². The Bertz CT molecular complexity index is 601. The lowest BCUT2D eigenvalue weighted by Crippen LogP contribution is -2.28. The van der Waals surface area contributed by atoms with Crippen LogP contribution in [-0.4, -0.2) is 31.9 Å². The van der Waals surface area contributed by atoms with Crippen molar-refractivity contribution in [2.75, 3.05) is 6.61 Å². The number of ether oxygens (including phenoxy) is 2. The third kappa shape index (κ3) is 3.88. The van der Waals surface area contributed by atoms with Gasteiger partial charge in [-0.15, -0.1) is 11.3 Å². The summed E-state index contributed by atoms with van der Waals surface area (Å²) >= 11 is 7.14. The second kappa shape index (κ2) is 5.48. The van der Waals surface area contributed by atoms with E-state index >= 15 is 0 Å². The Morgan fingerprint density at radius 1 is 1.50 bits per heavy atom. The Kier molecular flexibility index (Phi) is 4.41. The van der Waals surface area contributed by atoms with Gasteiger partial charge in [0, 0.05) is 0 Å². The van der Waals surface area contributed by atoms with E-state index in [0.29, 0.717) is 10.2 Å². The van der Waals surface area contributed by atoms with Gasteiger partial charge in [0.15, 0.2) is 10.3 Å². The van der Waals surface area contributed by atoms with Crippen LogP contribution in [0.4, 0.5) is 0 Å². The van der Waals surface area contributed by atoms with Crippen molar-refractivity contribution in [1.29, 1.82) is 0 Å². The smallest absolute Gasteiger partial charge is 0.333 e. The van der Waals surface area contributed by atoms with Gasteiger partial charge in [-0.3, -0.25) is 4.18 Å². The molecule has 0 saturated carbocycles. The Hall–Kier alpha value is -0.290. The van der Waals surface area contributed by atoms with E-state index in [9.17, 15) is 8.42 Å². The molecule has 0 aliphatic carbocycles. The molecule has 1 aromatic rings. The Labute approximate surface area is 126 Å². The summed E-state index contributed by atoms with van der Waals surface area (Å²) in [6, 6.07) is 0. The topological polar surface area (TPSA) is 101 Å². The summed E-state index contributed by atoms with van der Waals surface area (Å²) in [6.45, 7) is 5.02. The molecule has 2 N–H and O–H groups in total. The summed E-state index contributed by atoms with van der Waals surface area (Å²) < 4.78 is 38.2. The van der Waals surface area contributed by atoms with Gasteiger partial charge in [0.05, 0.1) is 17.2 Å². The van der Waals surface area contributed by atoms with Crippen LogP contribution in [0.5, 0.6) is 0 Å². The zero-order valence-corrected chi connectivity index (χ0v) is 13.5. The minimum absolute atomic E-state index is 0.234. The van der Waals surface area contributed by atoms with Gasteiger partial charge in [0.25, 0.3) is 0 Å². The number of thiazole rings is 1. The molecule has 1 fully saturated rings. The highest BCUT2D eigenvalue weighted by atomic mass is 35.5. The monoisotopic (exact) mass is 342 g/mol. The molecule has 0 unspecified atom stereocenters. The highest BCUT2D eigenvalue weighted by Crippen LogP contribution is 2.42. The minimum atomic E-state index is -4.03. The molecule has 0 radical (unpaired) electrons. The van der Waals surface area contributed by atoms with Crippen molar-refractivity contribution in [3.63, 3.8) is 0 Å². The summed E-state index contributed by atoms with van der Waals surface area (Å²) in [7, 11) is -4.03. The fraction of sp³-hybridized carbons (Fsp3) is 0.700. The molecular weight excluding hydrogens is 328 g/mol. The third-order valence-corrected chi connectivity index (χ3v) is 4.43. The molecule has 114 valence electrons. The lowest BCUT2D eigenvalue weighted by molar-refractivity contribution is -0.148. The van der Waals surface area contributed by atoms with Crippen molar-refractivity contribution >= 4 is 33.2 Å². The van der Waals surface area contributed by atoms with E-state index in [-0.39, 0.29) is 6.61 Å². The molecule has 1 aliphatic rings. The van der Waals surface area contributed by atoms with Crippen molar-refractivity contribution in [3.05, 3.63) is 15.0 Å². The molecule has 1 aromatic heterocycles. The molecular formula is C10H15ClN2O5S2. The van der Waals surface area contributed by atoms with Crippen LogP contribution < -0.4 is 5.14 Å². The number of aromatic nitrogens is 1. The van der Waals surface area contributed by atoms with E-state index < -0.39 is 28.3 Å². The first-order chi connectivity index (χ1) is 9.07. The average Bonchev–Trinajstić information content (AvgIpc) is 2.74. The van der Waals surface area contributed by atoms with Crippen molar-refractivity contribution in [2.45, 2.75) is 38.8 Å². The van der Waals surface area contributed by atoms with Crippen LogP contribution in [0.15, 0.2) is 0 Å². The van der Waals surface area contributed by atoms with E-state index in [1.807, 2.05) is 0 Å². The van der Waals surface area contributed by atoms with Crippen molar-refractivity contribution in [3.8, 4) is 0 Å². The first-order valence-electron chi connectivity index (χ1n) is 5.73. The largest absolute Gasteiger partial charge is 0.342 e. The predicted molar refractivity (Wildman–Crippen MR) is 73.7 cm³/mol. The number of aryl methyl sites for hydroxylation is 1. The molecule has 0 amide bonds. The van der Waals surface area contributed by atoms with Gasteiger partial charge < -0.3 is 9.47 Å². The van der Waals surface area contributed by atoms with Crippen LogP contribution >= 0.6 is 22.9 Å². The maximum atomic E-state index is 10.9. The van der Waals surface area contributed by atoms with Crippen molar-refractivity contribution in [2.24, 2.45) is 5.14 Å². The molecule has 2 heterocycles. The standard InChI is InChI=1S/C10H15ClN2O5S2/c1-5-8(19-9(11)13-5)7-6(4-16-20(12,14)15)17-10(2,3)18-7/h6-7H,4H2,1-3H3,(H2,12,14,15)/t6-,7+/m0/s1. The first-order valence-corrected chi connectivity index (χ1v) is 8.39. The van der Waals surface area contributed by atoms with Crippen molar-refractivity contribution in [1.82, 2.24) is 4.98 Å². The summed E-state index contributed by atoms with van der Waals surface area (Å²) in [6.07, 6.45) is -1.12. The molecule has 2 atom stereocenters. The number of halogens is 1. The van der Waals surface area contributed by atoms with Gasteiger partial charge in [-0.25, -0.2) is 10.1 Å². The van der Waals surface area contributed by atoms with Gasteiger partial charge in [-0.1, -0.05) is 11.6 Å². The maximum Gasteiger partial charge on any atom is 0.333 e. The lowest BCUT2D eigenvalue weighted by atomic mass is 10.1. The van der Waals surface area contributed by atoms with E-state index in [1.165, 1.54) is 11.3 Å². The molecule has 1 saturated heterocycles. The van der Waals surface area contributed by atoms with E-state index in [4.69, 9.17) is 26.2 Å². The third-order valence-electron chi connectivity index (χ3n) is 2.65. The Morgan fingerprint density at radius 2 is 2.15 bits per heavy atom. The van der Waals surface area contributed by atoms with Crippen LogP contribution in [0.2, 0.25) is 4.47 Å². The summed E-state index contributed by atoms with van der Waals surface area (Å²) in [5.74, 6) is -0.861. The highest BCUT2D eigenvalue weighted by molar-refractivity contribution is 7.84. The minimum Gasteiger partial charge on any atom is -0.342 e. The van der Waals surface area contributed by atoms with Crippen LogP contribution in [0, 0.1) is 6.92 Å². The second-order valence-corrected chi connectivity index (χ2v) is 7.62. The molecule has 0 bridgehead atoms. The molecule has 20 heavy (non-hydrogen) atoms. The van der Waals surface area contributed by atoms with Crippen molar-refractivity contribution < 1.29 is 22.1 Å². The van der Waals surface area contributed by atoms with Gasteiger partial charge in [0.1, 0.15) is 12.2 Å². The molecule has 0 spiro atoms. The van der Waals surface area contributed by atoms with Gasteiger partial charge in [-0.05, 0) is 20.8 Å². The number of rotatable bonds is 4. The normalized spacial score (nSPS) is 26.1. The Balaban J connectivity index is 2.22. The molecule has 10 heteroatoms. The fourth-order valence-corrected chi connectivity index (χ4v) is 3.55. The molecule has 2 rings (SSSR count). The average molecular weight is 343 g/mol. The van der Waals surface area contributed by atoms with Crippen LogP contribution in [-0.2, 0) is 24.0 Å². The molecule has 7 nitrogen and oxygen atoms in total. The Morgan fingerprint density at radius 3 is 2.65 bits per heavy atom. The van der Waals surface area contributed by atoms with E-state index in [2.05, 4.69) is 9.17 Å². The fourth-order valence-electron chi connectivity index (χ4n) is 1.98. The number of hydrogen-bond donors (Lipinski definition) is 1. The first kappa shape index (κ1) is 16.1. The van der Waals surface area contributed by atoms with Gasteiger partial charge in [-0.2, -0.15) is 8.42 Å². The lowest BCUT2D eigenvalue weighted by Gasteiger charge is -2.16. The predicted octanol–water partition coefficient (Wildman–Crippen LogP) is 1.52. The van der Waals surface area contributed by atoms with Gasteiger partial charge in [0.2, 0.25) is 0 Å². The second-order valence-electron chi connectivity index (χ2n) is 4.79. The quantitative estimate of drug-likeness (QED) is 0.890. The van der Waals surface area contributed by atoms with Crippen LogP contribution in [0.3, 0.4) is 0 Å². The summed E-state index contributed by atoms with van der Waals surface area (Å²) in [5, 5.41) is 4.82. The maximum absolute atomic E-state index is 10.9.